The lowest BCUT2D eigenvalue weighted by Crippen LogP contribution is -2.59. The number of carbonyl (C=O) groups is 1. The number of urea groups is 1. The van der Waals surface area contributed by atoms with Gasteiger partial charge in [-0.05, 0) is 56.0 Å². The SMILES string of the molecule is N#Cc1ccc(OC2CN(C(=O)NC[C@H]3CCN(C4CC4)C3)C2)cc1. The van der Waals surface area contributed by atoms with Crippen LogP contribution in [-0.4, -0.2) is 60.7 Å². The number of carbonyl (C=O) groups excluding carboxylic acids is 1. The van der Waals surface area contributed by atoms with Gasteiger partial charge in [-0.3, -0.25) is 0 Å². The average molecular weight is 340 g/mol. The number of benzene rings is 1. The lowest BCUT2D eigenvalue weighted by Gasteiger charge is -2.39. The molecule has 6 nitrogen and oxygen atoms in total. The Balaban J connectivity index is 1.15. The van der Waals surface area contributed by atoms with Crippen LogP contribution in [0.15, 0.2) is 24.3 Å². The number of nitrogens with zero attached hydrogens (tertiary/aromatic N) is 3. The standard InChI is InChI=1S/C19H24N4O2/c20-9-14-1-5-17(6-2-14)25-18-12-23(13-18)19(24)21-10-15-7-8-22(11-15)16-3-4-16/h1-2,5-6,15-16,18H,3-4,7-8,10-13H2,(H,21,24)/t15-/m1/s1. The van der Waals surface area contributed by atoms with E-state index in [9.17, 15) is 4.79 Å². The molecule has 1 atom stereocenters. The molecule has 3 fully saturated rings. The molecule has 6 heteroatoms. The van der Waals surface area contributed by atoms with Gasteiger partial charge in [-0.15, -0.1) is 0 Å². The topological polar surface area (TPSA) is 68.6 Å². The van der Waals surface area contributed by atoms with Crippen molar-refractivity contribution in [1.29, 1.82) is 5.26 Å². The number of nitriles is 1. The fraction of sp³-hybridized carbons (Fsp3) is 0.579. The van der Waals surface area contributed by atoms with Crippen LogP contribution in [0.2, 0.25) is 0 Å². The quantitative estimate of drug-likeness (QED) is 0.888. The molecule has 132 valence electrons. The molecule has 1 aromatic rings. The van der Waals surface area contributed by atoms with Gasteiger partial charge in [0, 0.05) is 19.1 Å². The number of hydrogen-bond donors (Lipinski definition) is 1. The summed E-state index contributed by atoms with van der Waals surface area (Å²) in [6.07, 6.45) is 3.94. The van der Waals surface area contributed by atoms with Crippen LogP contribution in [-0.2, 0) is 0 Å². The van der Waals surface area contributed by atoms with E-state index in [0.717, 1.165) is 24.9 Å². The maximum Gasteiger partial charge on any atom is 0.317 e. The maximum absolute atomic E-state index is 12.2. The van der Waals surface area contributed by atoms with Gasteiger partial charge in [0.1, 0.15) is 11.9 Å². The first-order valence-electron chi connectivity index (χ1n) is 9.15. The Bertz CT molecular complexity index is 659. The van der Waals surface area contributed by atoms with E-state index < -0.39 is 0 Å². The van der Waals surface area contributed by atoms with E-state index in [1.54, 1.807) is 29.2 Å². The average Bonchev–Trinajstić information content (AvgIpc) is 3.34. The molecule has 0 unspecified atom stereocenters. The van der Waals surface area contributed by atoms with Crippen LogP contribution < -0.4 is 10.1 Å². The van der Waals surface area contributed by atoms with E-state index in [1.807, 2.05) is 0 Å². The zero-order chi connectivity index (χ0) is 17.2. The number of nitrogens with one attached hydrogen (secondary N) is 1. The van der Waals surface area contributed by atoms with Crippen molar-refractivity contribution in [2.75, 3.05) is 32.7 Å². The van der Waals surface area contributed by atoms with Crippen molar-refractivity contribution in [1.82, 2.24) is 15.1 Å². The zero-order valence-electron chi connectivity index (χ0n) is 14.4. The predicted octanol–water partition coefficient (Wildman–Crippen LogP) is 1.82. The highest BCUT2D eigenvalue weighted by Gasteiger charge is 2.35. The van der Waals surface area contributed by atoms with Gasteiger partial charge in [-0.2, -0.15) is 5.26 Å². The number of ether oxygens (including phenoxy) is 1. The molecule has 0 spiro atoms. The van der Waals surface area contributed by atoms with Crippen molar-refractivity contribution in [3.63, 3.8) is 0 Å². The molecule has 1 saturated carbocycles. The molecule has 1 N–H and O–H groups in total. The van der Waals surface area contributed by atoms with Crippen molar-refractivity contribution in [3.05, 3.63) is 29.8 Å². The second kappa shape index (κ2) is 6.93. The van der Waals surface area contributed by atoms with Crippen molar-refractivity contribution in [2.45, 2.75) is 31.4 Å². The lowest BCUT2D eigenvalue weighted by molar-refractivity contribution is 0.0442. The first-order valence-corrected chi connectivity index (χ1v) is 9.15. The van der Waals surface area contributed by atoms with Crippen molar-refractivity contribution >= 4 is 6.03 Å². The van der Waals surface area contributed by atoms with Crippen molar-refractivity contribution < 1.29 is 9.53 Å². The Labute approximate surface area is 148 Å². The smallest absolute Gasteiger partial charge is 0.317 e. The summed E-state index contributed by atoms with van der Waals surface area (Å²) < 4.78 is 5.82. The van der Waals surface area contributed by atoms with Crippen LogP contribution in [0.25, 0.3) is 0 Å². The molecule has 0 aromatic heterocycles. The van der Waals surface area contributed by atoms with E-state index in [-0.39, 0.29) is 12.1 Å². The van der Waals surface area contributed by atoms with E-state index in [2.05, 4.69) is 16.3 Å². The molecule has 0 bridgehead atoms. The van der Waals surface area contributed by atoms with Crippen LogP contribution in [0, 0.1) is 17.2 Å². The van der Waals surface area contributed by atoms with Gasteiger partial charge in [0.05, 0.1) is 24.7 Å². The molecule has 25 heavy (non-hydrogen) atoms. The highest BCUT2D eigenvalue weighted by atomic mass is 16.5. The maximum atomic E-state index is 12.2. The van der Waals surface area contributed by atoms with Gasteiger partial charge in [-0.25, -0.2) is 4.79 Å². The second-order valence-corrected chi connectivity index (χ2v) is 7.35. The van der Waals surface area contributed by atoms with E-state index in [4.69, 9.17) is 10.00 Å². The van der Waals surface area contributed by atoms with Gasteiger partial charge >= 0.3 is 6.03 Å². The highest BCUT2D eigenvalue weighted by Crippen LogP contribution is 2.31. The van der Waals surface area contributed by atoms with Crippen LogP contribution in [0.4, 0.5) is 4.79 Å². The summed E-state index contributed by atoms with van der Waals surface area (Å²) in [5.74, 6) is 1.34. The number of hydrogen-bond acceptors (Lipinski definition) is 4. The minimum Gasteiger partial charge on any atom is -0.487 e. The summed E-state index contributed by atoms with van der Waals surface area (Å²) in [6, 6.07) is 10.0. The van der Waals surface area contributed by atoms with Crippen LogP contribution >= 0.6 is 0 Å². The fourth-order valence-electron chi connectivity index (χ4n) is 3.62. The van der Waals surface area contributed by atoms with E-state index in [1.165, 1.54) is 25.8 Å². The molecule has 4 rings (SSSR count). The van der Waals surface area contributed by atoms with E-state index in [0.29, 0.717) is 24.6 Å². The summed E-state index contributed by atoms with van der Waals surface area (Å²) in [7, 11) is 0. The summed E-state index contributed by atoms with van der Waals surface area (Å²) in [5.41, 5.74) is 0.620. The fourth-order valence-corrected chi connectivity index (χ4v) is 3.62. The molecular weight excluding hydrogens is 316 g/mol. The first kappa shape index (κ1) is 16.2. The second-order valence-electron chi connectivity index (χ2n) is 7.35. The first-order chi connectivity index (χ1) is 12.2. The van der Waals surface area contributed by atoms with Gasteiger partial charge in [0.25, 0.3) is 0 Å². The van der Waals surface area contributed by atoms with Crippen LogP contribution in [0.3, 0.4) is 0 Å². The van der Waals surface area contributed by atoms with Gasteiger partial charge in [0.15, 0.2) is 0 Å². The van der Waals surface area contributed by atoms with Gasteiger partial charge in [-0.1, -0.05) is 0 Å². The summed E-state index contributed by atoms with van der Waals surface area (Å²) >= 11 is 0. The number of amides is 2. The molecule has 2 heterocycles. The third-order valence-corrected chi connectivity index (χ3v) is 5.34. The normalized spacial score (nSPS) is 23.8. The predicted molar refractivity (Wildman–Crippen MR) is 93.2 cm³/mol. The number of rotatable bonds is 5. The summed E-state index contributed by atoms with van der Waals surface area (Å²) in [5, 5.41) is 11.9. The molecule has 3 aliphatic rings. The third-order valence-electron chi connectivity index (χ3n) is 5.34. The van der Waals surface area contributed by atoms with Crippen LogP contribution in [0.5, 0.6) is 5.75 Å². The zero-order valence-corrected chi connectivity index (χ0v) is 14.4. The molecule has 0 radical (unpaired) electrons. The minimum atomic E-state index is 0.0181. The molecule has 1 aromatic carbocycles. The number of likely N-dealkylation sites (tertiary alicyclic amines) is 2. The Kier molecular flexibility index (Phi) is 4.50. The molecule has 2 amide bonds. The summed E-state index contributed by atoms with van der Waals surface area (Å²) in [6.45, 7) is 4.33. The minimum absolute atomic E-state index is 0.0181. The summed E-state index contributed by atoms with van der Waals surface area (Å²) in [4.78, 5) is 16.6. The molecular formula is C19H24N4O2. The molecule has 2 aliphatic heterocycles. The van der Waals surface area contributed by atoms with Crippen molar-refractivity contribution in [3.8, 4) is 11.8 Å². The Hall–Kier alpha value is -2.26. The van der Waals surface area contributed by atoms with Crippen molar-refractivity contribution in [2.24, 2.45) is 5.92 Å². The van der Waals surface area contributed by atoms with Gasteiger partial charge in [0.2, 0.25) is 0 Å². The Morgan fingerprint density at radius 3 is 2.64 bits per heavy atom. The van der Waals surface area contributed by atoms with E-state index >= 15 is 0 Å². The lowest BCUT2D eigenvalue weighted by atomic mass is 10.1. The monoisotopic (exact) mass is 340 g/mol. The Morgan fingerprint density at radius 1 is 1.20 bits per heavy atom. The van der Waals surface area contributed by atoms with Crippen LogP contribution in [0.1, 0.15) is 24.8 Å². The largest absolute Gasteiger partial charge is 0.487 e. The third kappa shape index (κ3) is 3.88. The molecule has 2 saturated heterocycles. The highest BCUT2D eigenvalue weighted by molar-refractivity contribution is 5.75. The Morgan fingerprint density at radius 2 is 1.96 bits per heavy atom. The molecule has 1 aliphatic carbocycles. The van der Waals surface area contributed by atoms with Gasteiger partial charge < -0.3 is 19.9 Å².